The Kier molecular flexibility index (Phi) is 2.88. The van der Waals surface area contributed by atoms with E-state index in [0.717, 1.165) is 19.2 Å². The van der Waals surface area contributed by atoms with Gasteiger partial charge in [-0.1, -0.05) is 0 Å². The third-order valence-electron chi connectivity index (χ3n) is 3.75. The van der Waals surface area contributed by atoms with E-state index in [2.05, 4.69) is 15.0 Å². The van der Waals surface area contributed by atoms with Gasteiger partial charge in [0.25, 0.3) is 6.43 Å². The van der Waals surface area contributed by atoms with Crippen LogP contribution in [0.1, 0.15) is 31.0 Å². The fraction of sp³-hybridized carbons (Fsp3) is 0.267. The van der Waals surface area contributed by atoms with E-state index < -0.39 is 6.43 Å². The molecule has 0 atom stereocenters. The highest BCUT2D eigenvalue weighted by atomic mass is 19.3. The number of hydrogen-bond acceptors (Lipinski definition) is 3. The maximum atomic E-state index is 13.5. The van der Waals surface area contributed by atoms with E-state index in [1.165, 1.54) is 18.3 Å². The lowest BCUT2D eigenvalue weighted by Gasteiger charge is -2.10. The number of fused-ring (bicyclic) bond motifs is 1. The molecule has 22 heavy (non-hydrogen) atoms. The van der Waals surface area contributed by atoms with Crippen molar-refractivity contribution in [1.29, 1.82) is 0 Å². The Bertz CT molecular complexity index is 855. The van der Waals surface area contributed by atoms with Gasteiger partial charge in [0.05, 0.1) is 16.6 Å². The second kappa shape index (κ2) is 4.79. The molecule has 3 aromatic rings. The van der Waals surface area contributed by atoms with Crippen LogP contribution in [0, 0.1) is 5.82 Å². The maximum absolute atomic E-state index is 13.5. The molecule has 1 saturated carbocycles. The van der Waals surface area contributed by atoms with Gasteiger partial charge in [-0.2, -0.15) is 0 Å². The number of nitrogens with zero attached hydrogens (tertiary/aromatic N) is 4. The number of benzene rings is 1. The Morgan fingerprint density at radius 2 is 2.05 bits per heavy atom. The molecule has 0 spiro atoms. The van der Waals surface area contributed by atoms with Gasteiger partial charge >= 0.3 is 0 Å². The highest BCUT2D eigenvalue weighted by Crippen LogP contribution is 2.42. The number of halogens is 3. The van der Waals surface area contributed by atoms with Gasteiger partial charge in [-0.25, -0.2) is 28.1 Å². The van der Waals surface area contributed by atoms with Gasteiger partial charge in [-0.3, -0.25) is 0 Å². The predicted molar refractivity (Wildman–Crippen MR) is 73.9 cm³/mol. The lowest BCUT2D eigenvalue weighted by molar-refractivity contribution is 0.146. The monoisotopic (exact) mass is 304 g/mol. The van der Waals surface area contributed by atoms with Crippen LogP contribution in [-0.4, -0.2) is 19.5 Å². The summed E-state index contributed by atoms with van der Waals surface area (Å²) >= 11 is 0. The first-order valence-corrected chi connectivity index (χ1v) is 6.91. The largest absolute Gasteiger partial charge is 0.321 e. The Morgan fingerprint density at radius 3 is 2.77 bits per heavy atom. The first-order chi connectivity index (χ1) is 10.6. The van der Waals surface area contributed by atoms with E-state index in [-0.39, 0.29) is 23.1 Å². The van der Waals surface area contributed by atoms with Gasteiger partial charge in [0.2, 0.25) is 0 Å². The molecule has 112 valence electrons. The molecular weight excluding hydrogens is 293 g/mol. The van der Waals surface area contributed by atoms with Crippen LogP contribution in [0.4, 0.5) is 13.2 Å². The molecule has 0 unspecified atom stereocenters. The van der Waals surface area contributed by atoms with Crippen LogP contribution in [0.2, 0.25) is 0 Å². The lowest BCUT2D eigenvalue weighted by Crippen LogP contribution is -2.02. The van der Waals surface area contributed by atoms with Crippen LogP contribution in [0.25, 0.3) is 22.4 Å². The minimum absolute atomic E-state index is 0.160. The summed E-state index contributed by atoms with van der Waals surface area (Å²) in [5, 5.41) is 0. The molecule has 7 heteroatoms. The van der Waals surface area contributed by atoms with Gasteiger partial charge in [0.1, 0.15) is 23.7 Å². The zero-order chi connectivity index (χ0) is 15.3. The first-order valence-electron chi connectivity index (χ1n) is 6.91. The number of alkyl halides is 2. The number of rotatable bonds is 3. The molecule has 0 aliphatic heterocycles. The summed E-state index contributed by atoms with van der Waals surface area (Å²) in [4.78, 5) is 11.9. The standard InChI is InChI=1S/C15H11F3N4/c16-8-1-4-11-12(5-8)22(9-2-3-9)15(21-11)10-6-19-7-20-13(10)14(17)18/h1,4-7,9,14H,2-3H2. The van der Waals surface area contributed by atoms with Gasteiger partial charge in [-0.15, -0.1) is 0 Å². The van der Waals surface area contributed by atoms with E-state index in [4.69, 9.17) is 0 Å². The average molecular weight is 304 g/mol. The summed E-state index contributed by atoms with van der Waals surface area (Å²) in [5.74, 6) is -0.00163. The Labute approximate surface area is 123 Å². The predicted octanol–water partition coefficient (Wildman–Crippen LogP) is 3.90. The molecule has 2 heterocycles. The summed E-state index contributed by atoms with van der Waals surface area (Å²) in [5.41, 5.74) is 1.03. The molecule has 2 aromatic heterocycles. The number of aromatic nitrogens is 4. The van der Waals surface area contributed by atoms with Crippen LogP contribution in [-0.2, 0) is 0 Å². The van der Waals surface area contributed by atoms with Crippen LogP contribution in [0.15, 0.2) is 30.7 Å². The number of hydrogen-bond donors (Lipinski definition) is 0. The van der Waals surface area contributed by atoms with Crippen LogP contribution in [0.3, 0.4) is 0 Å². The molecular formula is C15H11F3N4. The van der Waals surface area contributed by atoms with E-state index in [9.17, 15) is 13.2 Å². The van der Waals surface area contributed by atoms with Crippen molar-refractivity contribution in [3.63, 3.8) is 0 Å². The van der Waals surface area contributed by atoms with E-state index in [1.54, 1.807) is 6.07 Å². The quantitative estimate of drug-likeness (QED) is 0.737. The summed E-state index contributed by atoms with van der Waals surface area (Å²) in [6.45, 7) is 0. The van der Waals surface area contributed by atoms with Crippen LogP contribution in [0.5, 0.6) is 0 Å². The second-order valence-electron chi connectivity index (χ2n) is 5.29. The van der Waals surface area contributed by atoms with Crippen molar-refractivity contribution in [3.05, 3.63) is 42.2 Å². The molecule has 0 N–H and O–H groups in total. The van der Waals surface area contributed by atoms with E-state index >= 15 is 0 Å². The van der Waals surface area contributed by atoms with Crippen molar-refractivity contribution < 1.29 is 13.2 Å². The summed E-state index contributed by atoms with van der Waals surface area (Å²) in [6.07, 6.45) is 1.56. The highest BCUT2D eigenvalue weighted by molar-refractivity contribution is 5.81. The first kappa shape index (κ1) is 13.2. The Morgan fingerprint density at radius 1 is 1.23 bits per heavy atom. The van der Waals surface area contributed by atoms with Gasteiger partial charge < -0.3 is 4.57 Å². The smallest absolute Gasteiger partial charge is 0.281 e. The van der Waals surface area contributed by atoms with Gasteiger partial charge in [0.15, 0.2) is 0 Å². The van der Waals surface area contributed by atoms with Crippen molar-refractivity contribution in [2.45, 2.75) is 25.3 Å². The molecule has 0 amide bonds. The zero-order valence-electron chi connectivity index (χ0n) is 11.4. The molecule has 1 fully saturated rings. The molecule has 0 saturated heterocycles. The summed E-state index contributed by atoms with van der Waals surface area (Å²) < 4.78 is 41.7. The molecule has 4 rings (SSSR count). The average Bonchev–Trinajstić information content (AvgIpc) is 3.28. The lowest BCUT2D eigenvalue weighted by atomic mass is 10.2. The third-order valence-corrected chi connectivity index (χ3v) is 3.75. The Hall–Kier alpha value is -2.44. The van der Waals surface area contributed by atoms with E-state index in [0.29, 0.717) is 16.9 Å². The van der Waals surface area contributed by atoms with Gasteiger partial charge in [-0.05, 0) is 31.0 Å². The Balaban J connectivity index is 2.01. The van der Waals surface area contributed by atoms with Gasteiger partial charge in [0, 0.05) is 12.2 Å². The molecule has 4 nitrogen and oxygen atoms in total. The zero-order valence-corrected chi connectivity index (χ0v) is 11.4. The maximum Gasteiger partial charge on any atom is 0.281 e. The van der Waals surface area contributed by atoms with Crippen molar-refractivity contribution in [1.82, 2.24) is 19.5 Å². The second-order valence-corrected chi connectivity index (χ2v) is 5.29. The molecule has 1 aromatic carbocycles. The van der Waals surface area contributed by atoms with Crippen molar-refractivity contribution in [3.8, 4) is 11.4 Å². The normalized spacial score (nSPS) is 14.9. The van der Waals surface area contributed by atoms with E-state index in [1.807, 2.05) is 4.57 Å². The van der Waals surface area contributed by atoms with Crippen molar-refractivity contribution in [2.24, 2.45) is 0 Å². The fourth-order valence-corrected chi connectivity index (χ4v) is 2.64. The SMILES string of the molecule is Fc1ccc2nc(-c3cncnc3C(F)F)n(C3CC3)c2c1. The molecule has 0 bridgehead atoms. The summed E-state index contributed by atoms with van der Waals surface area (Å²) in [6, 6.07) is 4.41. The minimum Gasteiger partial charge on any atom is -0.321 e. The molecule has 1 aliphatic carbocycles. The van der Waals surface area contributed by atoms with Crippen molar-refractivity contribution in [2.75, 3.05) is 0 Å². The van der Waals surface area contributed by atoms with Crippen LogP contribution >= 0.6 is 0 Å². The van der Waals surface area contributed by atoms with Crippen molar-refractivity contribution >= 4 is 11.0 Å². The highest BCUT2D eigenvalue weighted by Gasteiger charge is 2.30. The minimum atomic E-state index is -2.72. The fourth-order valence-electron chi connectivity index (χ4n) is 2.64. The molecule has 0 radical (unpaired) electrons. The van der Waals surface area contributed by atoms with Crippen LogP contribution < -0.4 is 0 Å². The number of imidazole rings is 1. The third kappa shape index (κ3) is 2.04. The summed E-state index contributed by atoms with van der Waals surface area (Å²) in [7, 11) is 0. The molecule has 1 aliphatic rings. The topological polar surface area (TPSA) is 43.6 Å².